The van der Waals surface area contributed by atoms with E-state index in [0.717, 1.165) is 0 Å². The fraction of sp³-hybridized carbons (Fsp3) is 0.188. The highest BCUT2D eigenvalue weighted by Crippen LogP contribution is 2.31. The molecule has 132 valence electrons. The third-order valence-corrected chi connectivity index (χ3v) is 5.70. The van der Waals surface area contributed by atoms with Gasteiger partial charge in [-0.1, -0.05) is 23.4 Å². The number of thiazole rings is 1. The Morgan fingerprint density at radius 3 is 3.00 bits per heavy atom. The van der Waals surface area contributed by atoms with E-state index in [1.165, 1.54) is 40.1 Å². The number of carbonyl (C=O) groups excluding carboxylic acids is 2. The van der Waals surface area contributed by atoms with E-state index in [4.69, 9.17) is 16.9 Å². The van der Waals surface area contributed by atoms with Gasteiger partial charge in [0, 0.05) is 30.7 Å². The Labute approximate surface area is 162 Å². The lowest BCUT2D eigenvalue weighted by atomic mass is 10.2. The van der Waals surface area contributed by atoms with Gasteiger partial charge < -0.3 is 5.32 Å². The number of amidine groups is 1. The summed E-state index contributed by atoms with van der Waals surface area (Å²) in [6.45, 7) is 0. The van der Waals surface area contributed by atoms with Crippen LogP contribution in [-0.4, -0.2) is 39.2 Å². The summed E-state index contributed by atoms with van der Waals surface area (Å²) in [5.74, 6) is -0.501. The molecule has 0 bridgehead atoms. The standard InChI is InChI=1S/C16H12ClN5O2S2/c1-22-14(24)12(26-16(22)21-15-19-4-5-25-15)7-13(23)20-10-3-2-9(8-18)11(17)6-10/h2-6,12H,7H2,1H3,(H,20,23). The van der Waals surface area contributed by atoms with Gasteiger partial charge in [0.1, 0.15) is 11.3 Å². The number of nitrogens with one attached hydrogen (secondary N) is 1. The number of nitriles is 1. The number of benzene rings is 1. The largest absolute Gasteiger partial charge is 0.326 e. The summed E-state index contributed by atoms with van der Waals surface area (Å²) in [5.41, 5.74) is 0.801. The molecule has 2 amide bonds. The molecule has 0 saturated carbocycles. The second-order valence-electron chi connectivity index (χ2n) is 5.27. The molecule has 2 heterocycles. The van der Waals surface area contributed by atoms with Crippen molar-refractivity contribution in [3.8, 4) is 6.07 Å². The second-order valence-corrected chi connectivity index (χ2v) is 7.72. The number of rotatable bonds is 4. The van der Waals surface area contributed by atoms with Gasteiger partial charge in [-0.05, 0) is 18.2 Å². The number of halogens is 1. The van der Waals surface area contributed by atoms with Crippen molar-refractivity contribution < 1.29 is 9.59 Å². The summed E-state index contributed by atoms with van der Waals surface area (Å²) in [6.07, 6.45) is 1.64. The molecule has 1 fully saturated rings. The highest BCUT2D eigenvalue weighted by molar-refractivity contribution is 8.15. The highest BCUT2D eigenvalue weighted by atomic mass is 35.5. The molecule has 0 aliphatic carbocycles. The maximum Gasteiger partial charge on any atom is 0.242 e. The first-order chi connectivity index (χ1) is 12.5. The minimum Gasteiger partial charge on any atom is -0.326 e. The monoisotopic (exact) mass is 405 g/mol. The van der Waals surface area contributed by atoms with E-state index in [1.54, 1.807) is 24.7 Å². The van der Waals surface area contributed by atoms with Gasteiger partial charge in [-0.15, -0.1) is 11.3 Å². The number of thioether (sulfide) groups is 1. The summed E-state index contributed by atoms with van der Waals surface area (Å²) in [6, 6.07) is 6.57. The van der Waals surface area contributed by atoms with Gasteiger partial charge in [0.05, 0.1) is 10.6 Å². The van der Waals surface area contributed by atoms with E-state index in [2.05, 4.69) is 15.3 Å². The zero-order valence-electron chi connectivity index (χ0n) is 13.5. The quantitative estimate of drug-likeness (QED) is 0.841. The molecule has 3 rings (SSSR count). The van der Waals surface area contributed by atoms with Gasteiger partial charge in [0.25, 0.3) is 0 Å². The Bertz CT molecular complexity index is 923. The number of carbonyl (C=O) groups is 2. The van der Waals surface area contributed by atoms with Crippen LogP contribution in [0.15, 0.2) is 34.8 Å². The predicted octanol–water partition coefficient (Wildman–Crippen LogP) is 3.26. The highest BCUT2D eigenvalue weighted by Gasteiger charge is 2.37. The first-order valence-corrected chi connectivity index (χ1v) is 9.53. The maximum absolute atomic E-state index is 12.3. The van der Waals surface area contributed by atoms with E-state index in [1.807, 2.05) is 6.07 Å². The summed E-state index contributed by atoms with van der Waals surface area (Å²) in [4.78, 5) is 34.4. The van der Waals surface area contributed by atoms with Crippen LogP contribution in [0.1, 0.15) is 12.0 Å². The first-order valence-electron chi connectivity index (χ1n) is 7.40. The van der Waals surface area contributed by atoms with Crippen LogP contribution in [0, 0.1) is 11.3 Å². The fourth-order valence-corrected chi connectivity index (χ4v) is 4.13. The second kappa shape index (κ2) is 7.86. The molecular weight excluding hydrogens is 394 g/mol. The Kier molecular flexibility index (Phi) is 5.56. The van der Waals surface area contributed by atoms with E-state index in [-0.39, 0.29) is 23.3 Å². The number of aromatic nitrogens is 1. The van der Waals surface area contributed by atoms with Crippen molar-refractivity contribution in [3.05, 3.63) is 40.4 Å². The van der Waals surface area contributed by atoms with E-state index in [9.17, 15) is 9.59 Å². The van der Waals surface area contributed by atoms with Crippen LogP contribution in [-0.2, 0) is 9.59 Å². The SMILES string of the molecule is CN1C(=O)C(CC(=O)Nc2ccc(C#N)c(Cl)c2)SC1=Nc1nccs1. The van der Waals surface area contributed by atoms with Crippen LogP contribution in [0.25, 0.3) is 0 Å². The van der Waals surface area contributed by atoms with Crippen LogP contribution in [0.3, 0.4) is 0 Å². The molecule has 0 spiro atoms. The smallest absolute Gasteiger partial charge is 0.242 e. The van der Waals surface area contributed by atoms with Crippen molar-refractivity contribution in [2.45, 2.75) is 11.7 Å². The normalized spacial score (nSPS) is 18.2. The number of aliphatic imine (C=N–C) groups is 1. The molecule has 1 atom stereocenters. The van der Waals surface area contributed by atoms with E-state index in [0.29, 0.717) is 21.6 Å². The summed E-state index contributed by atoms with van der Waals surface area (Å²) >= 11 is 8.56. The van der Waals surface area contributed by atoms with Crippen molar-refractivity contribution in [1.82, 2.24) is 9.88 Å². The lowest BCUT2D eigenvalue weighted by Gasteiger charge is -2.09. The van der Waals surface area contributed by atoms with Crippen molar-refractivity contribution in [2.75, 3.05) is 12.4 Å². The Morgan fingerprint density at radius 2 is 2.35 bits per heavy atom. The van der Waals surface area contributed by atoms with Gasteiger partial charge >= 0.3 is 0 Å². The van der Waals surface area contributed by atoms with E-state index >= 15 is 0 Å². The van der Waals surface area contributed by atoms with Crippen LogP contribution in [0.4, 0.5) is 10.8 Å². The minimum atomic E-state index is -0.549. The maximum atomic E-state index is 12.3. The van der Waals surface area contributed by atoms with Gasteiger partial charge in [0.2, 0.25) is 16.9 Å². The third kappa shape index (κ3) is 4.04. The van der Waals surface area contributed by atoms with Crippen LogP contribution >= 0.6 is 34.7 Å². The number of anilines is 1. The van der Waals surface area contributed by atoms with E-state index < -0.39 is 5.25 Å². The topological polar surface area (TPSA) is 98.5 Å². The van der Waals surface area contributed by atoms with Crippen LogP contribution in [0.2, 0.25) is 5.02 Å². The zero-order valence-corrected chi connectivity index (χ0v) is 15.9. The molecule has 1 aromatic carbocycles. The van der Waals surface area contributed by atoms with Gasteiger partial charge in [-0.2, -0.15) is 10.3 Å². The van der Waals surface area contributed by atoms with Gasteiger partial charge in [-0.25, -0.2) is 4.98 Å². The minimum absolute atomic E-state index is 0.00233. The van der Waals surface area contributed by atoms with Crippen LogP contribution < -0.4 is 5.32 Å². The molecule has 0 radical (unpaired) electrons. The molecule has 1 saturated heterocycles. The van der Waals surface area contributed by atoms with Crippen molar-refractivity contribution >= 4 is 62.5 Å². The Morgan fingerprint density at radius 1 is 1.54 bits per heavy atom. The zero-order chi connectivity index (χ0) is 18.7. The first kappa shape index (κ1) is 18.4. The van der Waals surface area contributed by atoms with Crippen molar-refractivity contribution in [1.29, 1.82) is 5.26 Å². The molecule has 1 unspecified atom stereocenters. The average Bonchev–Trinajstić information content (AvgIpc) is 3.20. The summed E-state index contributed by atoms with van der Waals surface area (Å²) in [7, 11) is 1.63. The number of hydrogen-bond acceptors (Lipinski definition) is 7. The molecule has 1 N–H and O–H groups in total. The van der Waals surface area contributed by atoms with Crippen LogP contribution in [0.5, 0.6) is 0 Å². The number of amides is 2. The van der Waals surface area contributed by atoms with Crippen molar-refractivity contribution in [3.63, 3.8) is 0 Å². The molecule has 1 aliphatic rings. The Balaban J connectivity index is 1.65. The molecule has 10 heteroatoms. The third-order valence-electron chi connectivity index (χ3n) is 3.50. The fourth-order valence-electron chi connectivity index (χ4n) is 2.21. The molecule has 1 aliphatic heterocycles. The van der Waals surface area contributed by atoms with Gasteiger partial charge in [-0.3, -0.25) is 14.5 Å². The summed E-state index contributed by atoms with van der Waals surface area (Å²) < 4.78 is 0. The number of hydrogen-bond donors (Lipinski definition) is 1. The summed E-state index contributed by atoms with van der Waals surface area (Å²) in [5, 5.41) is 14.1. The molecule has 1 aromatic heterocycles. The molecule has 2 aromatic rings. The predicted molar refractivity (Wildman–Crippen MR) is 103 cm³/mol. The van der Waals surface area contributed by atoms with Gasteiger partial charge in [0.15, 0.2) is 5.17 Å². The number of nitrogens with zero attached hydrogens (tertiary/aromatic N) is 4. The average molecular weight is 406 g/mol. The lowest BCUT2D eigenvalue weighted by molar-refractivity contribution is -0.127. The lowest BCUT2D eigenvalue weighted by Crippen LogP contribution is -2.30. The molecule has 26 heavy (non-hydrogen) atoms. The molecule has 7 nitrogen and oxygen atoms in total. The van der Waals surface area contributed by atoms with Crippen molar-refractivity contribution in [2.24, 2.45) is 4.99 Å². The Hall–Kier alpha value is -2.41. The molecular formula is C16H12ClN5O2S2.